The Kier molecular flexibility index (Phi) is 4.23. The summed E-state index contributed by atoms with van der Waals surface area (Å²) in [5, 5.41) is 11.0. The molecule has 0 atom stereocenters. The molecular formula is C14H14N2O4S. The molecule has 0 aliphatic carbocycles. The van der Waals surface area contributed by atoms with Crippen LogP contribution < -0.4 is 4.74 Å². The fourth-order valence-corrected chi connectivity index (χ4v) is 1.92. The molecule has 0 saturated carbocycles. The topological polar surface area (TPSA) is 68.8 Å². The first-order valence-corrected chi connectivity index (χ1v) is 6.49. The molecule has 0 bridgehead atoms. The van der Waals surface area contributed by atoms with Crippen LogP contribution >= 0.6 is 12.2 Å². The van der Waals surface area contributed by atoms with Crippen LogP contribution in [0.25, 0.3) is 11.3 Å². The first kappa shape index (κ1) is 15.0. The minimum absolute atomic E-state index is 0.108. The summed E-state index contributed by atoms with van der Waals surface area (Å²) in [5.41, 5.74) is 0.485. The molecule has 0 saturated heterocycles. The zero-order chi connectivity index (χ0) is 15.6. The molecule has 0 spiro atoms. The standard InChI is InChI=1S/C14H14N2O4S/c1-15(2)14(21)13-7-6-11(20-13)9-4-5-12(19-3)10(8-9)16(17)18/h4-8H,1-3H3. The lowest BCUT2D eigenvalue weighted by Gasteiger charge is -2.10. The molecule has 0 N–H and O–H groups in total. The van der Waals surface area contributed by atoms with Crippen molar-refractivity contribution in [3.8, 4) is 17.1 Å². The fourth-order valence-electron chi connectivity index (χ4n) is 1.81. The first-order chi connectivity index (χ1) is 9.93. The Morgan fingerprint density at radius 1 is 1.33 bits per heavy atom. The second-order valence-corrected chi connectivity index (χ2v) is 4.89. The lowest BCUT2D eigenvalue weighted by atomic mass is 10.1. The maximum Gasteiger partial charge on any atom is 0.311 e. The lowest BCUT2D eigenvalue weighted by molar-refractivity contribution is -0.385. The van der Waals surface area contributed by atoms with Gasteiger partial charge in [0.1, 0.15) is 10.7 Å². The third-order valence-electron chi connectivity index (χ3n) is 2.88. The molecule has 0 unspecified atom stereocenters. The summed E-state index contributed by atoms with van der Waals surface area (Å²) in [6.45, 7) is 0. The van der Waals surface area contributed by atoms with E-state index in [9.17, 15) is 10.1 Å². The lowest BCUT2D eigenvalue weighted by Crippen LogP contribution is -2.19. The number of methoxy groups -OCH3 is 1. The third kappa shape index (κ3) is 3.03. The van der Waals surface area contributed by atoms with Crippen molar-refractivity contribution in [2.45, 2.75) is 0 Å². The summed E-state index contributed by atoms with van der Waals surface area (Å²) < 4.78 is 10.6. The van der Waals surface area contributed by atoms with Gasteiger partial charge in [0, 0.05) is 25.7 Å². The van der Waals surface area contributed by atoms with Crippen molar-refractivity contribution in [3.63, 3.8) is 0 Å². The van der Waals surface area contributed by atoms with Gasteiger partial charge in [0.2, 0.25) is 0 Å². The van der Waals surface area contributed by atoms with Gasteiger partial charge in [-0.3, -0.25) is 10.1 Å². The van der Waals surface area contributed by atoms with Crippen molar-refractivity contribution >= 4 is 22.9 Å². The molecule has 6 nitrogen and oxygen atoms in total. The van der Waals surface area contributed by atoms with E-state index in [-0.39, 0.29) is 11.4 Å². The monoisotopic (exact) mass is 306 g/mol. The van der Waals surface area contributed by atoms with Crippen molar-refractivity contribution in [2.24, 2.45) is 0 Å². The predicted octanol–water partition coefficient (Wildman–Crippen LogP) is 3.10. The molecule has 1 aromatic carbocycles. The van der Waals surface area contributed by atoms with Crippen LogP contribution in [0.15, 0.2) is 34.7 Å². The Labute approximate surface area is 127 Å². The van der Waals surface area contributed by atoms with Crippen LogP contribution in [0.4, 0.5) is 5.69 Å². The van der Waals surface area contributed by atoms with Gasteiger partial charge >= 0.3 is 5.69 Å². The predicted molar refractivity (Wildman–Crippen MR) is 82.7 cm³/mol. The van der Waals surface area contributed by atoms with Crippen LogP contribution in [0.1, 0.15) is 5.76 Å². The van der Waals surface area contributed by atoms with Gasteiger partial charge in [-0.05, 0) is 24.3 Å². The Bertz CT molecular complexity index is 694. The number of furan rings is 1. The van der Waals surface area contributed by atoms with Crippen LogP contribution in [0.5, 0.6) is 5.75 Å². The molecule has 1 heterocycles. The van der Waals surface area contributed by atoms with E-state index >= 15 is 0 Å². The zero-order valence-electron chi connectivity index (χ0n) is 11.8. The SMILES string of the molecule is COc1ccc(-c2ccc(C(=S)N(C)C)o2)cc1[N+](=O)[O-]. The summed E-state index contributed by atoms with van der Waals surface area (Å²) in [4.78, 5) is 12.9. The highest BCUT2D eigenvalue weighted by Crippen LogP contribution is 2.33. The normalized spacial score (nSPS) is 10.2. The maximum atomic E-state index is 11.0. The van der Waals surface area contributed by atoms with Gasteiger partial charge < -0.3 is 14.1 Å². The Hall–Kier alpha value is -2.41. The van der Waals surface area contributed by atoms with E-state index in [0.717, 1.165) is 0 Å². The Morgan fingerprint density at radius 3 is 2.62 bits per heavy atom. The molecule has 0 radical (unpaired) electrons. The van der Waals surface area contributed by atoms with Crippen LogP contribution in [0.3, 0.4) is 0 Å². The smallest absolute Gasteiger partial charge is 0.311 e. The van der Waals surface area contributed by atoms with Gasteiger partial charge in [0.05, 0.1) is 12.0 Å². The molecule has 0 aliphatic heterocycles. The minimum Gasteiger partial charge on any atom is -0.490 e. The number of nitrogens with zero attached hydrogens (tertiary/aromatic N) is 2. The van der Waals surface area contributed by atoms with E-state index in [4.69, 9.17) is 21.4 Å². The molecular weight excluding hydrogens is 292 g/mol. The number of nitro groups is 1. The van der Waals surface area contributed by atoms with E-state index in [1.807, 2.05) is 14.1 Å². The molecule has 2 aromatic rings. The van der Waals surface area contributed by atoms with Crippen LogP contribution in [-0.4, -0.2) is 36.0 Å². The number of benzene rings is 1. The Morgan fingerprint density at radius 2 is 2.05 bits per heavy atom. The van der Waals surface area contributed by atoms with E-state index in [1.54, 1.807) is 29.2 Å². The Balaban J connectivity index is 2.41. The summed E-state index contributed by atoms with van der Waals surface area (Å²) in [7, 11) is 5.04. The molecule has 0 aliphatic rings. The molecule has 2 rings (SSSR count). The number of ether oxygens (including phenoxy) is 1. The van der Waals surface area contributed by atoms with Crippen LogP contribution in [0.2, 0.25) is 0 Å². The number of rotatable bonds is 4. The van der Waals surface area contributed by atoms with Gasteiger partial charge in [-0.15, -0.1) is 0 Å². The largest absolute Gasteiger partial charge is 0.490 e. The molecule has 7 heteroatoms. The summed E-state index contributed by atoms with van der Waals surface area (Å²) in [6.07, 6.45) is 0. The van der Waals surface area contributed by atoms with Crippen molar-refractivity contribution < 1.29 is 14.1 Å². The maximum absolute atomic E-state index is 11.0. The minimum atomic E-state index is -0.489. The first-order valence-electron chi connectivity index (χ1n) is 6.08. The highest BCUT2D eigenvalue weighted by atomic mass is 32.1. The van der Waals surface area contributed by atoms with Crippen molar-refractivity contribution in [3.05, 3.63) is 46.2 Å². The zero-order valence-corrected chi connectivity index (χ0v) is 12.6. The average Bonchev–Trinajstić information content (AvgIpc) is 2.95. The second-order valence-electron chi connectivity index (χ2n) is 4.51. The van der Waals surface area contributed by atoms with Crippen molar-refractivity contribution in [1.82, 2.24) is 4.90 Å². The molecule has 0 fully saturated rings. The van der Waals surface area contributed by atoms with Crippen LogP contribution in [0, 0.1) is 10.1 Å². The molecule has 1 aromatic heterocycles. The quantitative estimate of drug-likeness (QED) is 0.491. The number of hydrogen-bond acceptors (Lipinski definition) is 5. The summed E-state index contributed by atoms with van der Waals surface area (Å²) in [6, 6.07) is 8.14. The third-order valence-corrected chi connectivity index (χ3v) is 3.45. The number of hydrogen-bond donors (Lipinski definition) is 0. The summed E-state index contributed by atoms with van der Waals surface area (Å²) >= 11 is 5.22. The van der Waals surface area contributed by atoms with E-state index < -0.39 is 4.92 Å². The second kappa shape index (κ2) is 5.92. The average molecular weight is 306 g/mol. The molecule has 110 valence electrons. The van der Waals surface area contributed by atoms with Crippen LogP contribution in [-0.2, 0) is 0 Å². The van der Waals surface area contributed by atoms with Gasteiger partial charge in [-0.1, -0.05) is 12.2 Å². The van der Waals surface area contributed by atoms with Crippen molar-refractivity contribution in [1.29, 1.82) is 0 Å². The van der Waals surface area contributed by atoms with Gasteiger partial charge in [-0.2, -0.15) is 0 Å². The van der Waals surface area contributed by atoms with Crippen molar-refractivity contribution in [2.75, 3.05) is 21.2 Å². The number of nitro benzene ring substituents is 1. The van der Waals surface area contributed by atoms with Gasteiger partial charge in [0.15, 0.2) is 11.5 Å². The molecule has 0 amide bonds. The number of thiocarbonyl (C=S) groups is 1. The molecule has 21 heavy (non-hydrogen) atoms. The fraction of sp³-hybridized carbons (Fsp3) is 0.214. The van der Waals surface area contributed by atoms with E-state index in [0.29, 0.717) is 22.1 Å². The van der Waals surface area contributed by atoms with Gasteiger partial charge in [0.25, 0.3) is 0 Å². The highest BCUT2D eigenvalue weighted by molar-refractivity contribution is 7.80. The highest BCUT2D eigenvalue weighted by Gasteiger charge is 2.18. The van der Waals surface area contributed by atoms with Gasteiger partial charge in [-0.25, -0.2) is 0 Å². The summed E-state index contributed by atoms with van der Waals surface area (Å²) in [5.74, 6) is 1.27. The van der Waals surface area contributed by atoms with E-state index in [1.165, 1.54) is 13.2 Å². The van der Waals surface area contributed by atoms with E-state index in [2.05, 4.69) is 0 Å².